The van der Waals surface area contributed by atoms with Crippen molar-refractivity contribution in [1.82, 2.24) is 0 Å². The summed E-state index contributed by atoms with van der Waals surface area (Å²) >= 11 is 0. The van der Waals surface area contributed by atoms with Gasteiger partial charge in [0.1, 0.15) is 5.82 Å². The Bertz CT molecular complexity index is 528. The summed E-state index contributed by atoms with van der Waals surface area (Å²) in [7, 11) is 0. The lowest BCUT2D eigenvalue weighted by Crippen LogP contribution is -2.30. The summed E-state index contributed by atoms with van der Waals surface area (Å²) in [6.07, 6.45) is 3.92. The van der Waals surface area contributed by atoms with Crippen LogP contribution in [0.1, 0.15) is 25.7 Å². The Morgan fingerprint density at radius 3 is 2.62 bits per heavy atom. The van der Waals surface area contributed by atoms with E-state index in [0.29, 0.717) is 30.9 Å². The Morgan fingerprint density at radius 1 is 1.24 bits per heavy atom. The number of anilines is 2. The molecule has 0 bridgehead atoms. The molecule has 1 aromatic carbocycles. The highest BCUT2D eigenvalue weighted by atomic mass is 19.1. The van der Waals surface area contributed by atoms with Crippen molar-refractivity contribution in [3.63, 3.8) is 0 Å². The molecule has 2 saturated heterocycles. The molecule has 1 atom stereocenters. The Kier molecular flexibility index (Phi) is 4.10. The SMILES string of the molecule is NCC1CC(=O)N(c2ccc(N3CCCCC3)c(F)c2)C1. The van der Waals surface area contributed by atoms with Crippen LogP contribution in [0.3, 0.4) is 0 Å². The zero-order chi connectivity index (χ0) is 14.8. The number of rotatable bonds is 3. The maximum Gasteiger partial charge on any atom is 0.227 e. The summed E-state index contributed by atoms with van der Waals surface area (Å²) < 4.78 is 14.4. The number of nitrogens with two attached hydrogens (primary N) is 1. The molecule has 1 unspecified atom stereocenters. The Balaban J connectivity index is 1.79. The summed E-state index contributed by atoms with van der Waals surface area (Å²) in [5.41, 5.74) is 6.93. The van der Waals surface area contributed by atoms with Gasteiger partial charge in [-0.2, -0.15) is 0 Å². The third kappa shape index (κ3) is 2.88. The van der Waals surface area contributed by atoms with Crippen molar-refractivity contribution in [3.05, 3.63) is 24.0 Å². The van der Waals surface area contributed by atoms with E-state index in [-0.39, 0.29) is 17.6 Å². The van der Waals surface area contributed by atoms with Crippen LogP contribution in [0.4, 0.5) is 15.8 Å². The highest BCUT2D eigenvalue weighted by molar-refractivity contribution is 5.95. The molecular weight excluding hydrogens is 269 g/mol. The highest BCUT2D eigenvalue weighted by Crippen LogP contribution is 2.30. The molecule has 1 amide bonds. The molecule has 5 heteroatoms. The Labute approximate surface area is 124 Å². The molecule has 0 aliphatic carbocycles. The average molecular weight is 291 g/mol. The van der Waals surface area contributed by atoms with Gasteiger partial charge < -0.3 is 15.5 Å². The van der Waals surface area contributed by atoms with Crippen LogP contribution in [0.5, 0.6) is 0 Å². The second-order valence-electron chi connectivity index (χ2n) is 5.99. The van der Waals surface area contributed by atoms with Gasteiger partial charge in [0.25, 0.3) is 0 Å². The molecule has 2 fully saturated rings. The third-order valence-electron chi connectivity index (χ3n) is 4.48. The second-order valence-corrected chi connectivity index (χ2v) is 5.99. The molecule has 0 radical (unpaired) electrons. The molecule has 2 aliphatic rings. The number of carbonyl (C=O) groups excluding carboxylic acids is 1. The van der Waals surface area contributed by atoms with Crippen molar-refractivity contribution in [1.29, 1.82) is 0 Å². The largest absolute Gasteiger partial charge is 0.369 e. The highest BCUT2D eigenvalue weighted by Gasteiger charge is 2.30. The minimum absolute atomic E-state index is 0.0376. The van der Waals surface area contributed by atoms with Crippen molar-refractivity contribution >= 4 is 17.3 Å². The number of piperidine rings is 1. The lowest BCUT2D eigenvalue weighted by atomic mass is 10.1. The number of nitrogens with zero attached hydrogens (tertiary/aromatic N) is 2. The van der Waals surface area contributed by atoms with E-state index in [1.807, 2.05) is 6.07 Å². The van der Waals surface area contributed by atoms with Crippen LogP contribution in [0.25, 0.3) is 0 Å². The van der Waals surface area contributed by atoms with Gasteiger partial charge >= 0.3 is 0 Å². The molecule has 0 saturated carbocycles. The van der Waals surface area contributed by atoms with Gasteiger partial charge in [0.05, 0.1) is 5.69 Å². The molecule has 3 rings (SSSR count). The van der Waals surface area contributed by atoms with Crippen LogP contribution in [-0.4, -0.2) is 32.1 Å². The van der Waals surface area contributed by atoms with Crippen molar-refractivity contribution in [2.75, 3.05) is 36.0 Å². The van der Waals surface area contributed by atoms with Crippen LogP contribution in [0, 0.1) is 11.7 Å². The van der Waals surface area contributed by atoms with E-state index in [9.17, 15) is 9.18 Å². The van der Waals surface area contributed by atoms with Crippen LogP contribution >= 0.6 is 0 Å². The number of benzene rings is 1. The fourth-order valence-electron chi connectivity index (χ4n) is 3.24. The zero-order valence-electron chi connectivity index (χ0n) is 12.2. The quantitative estimate of drug-likeness (QED) is 0.928. The number of carbonyl (C=O) groups is 1. The molecule has 2 N–H and O–H groups in total. The molecule has 21 heavy (non-hydrogen) atoms. The van der Waals surface area contributed by atoms with Gasteiger partial charge in [-0.15, -0.1) is 0 Å². The zero-order valence-corrected chi connectivity index (χ0v) is 12.2. The predicted octanol–water partition coefficient (Wildman–Crippen LogP) is 2.13. The molecule has 1 aromatic rings. The lowest BCUT2D eigenvalue weighted by Gasteiger charge is -2.29. The van der Waals surface area contributed by atoms with Crippen molar-refractivity contribution in [2.45, 2.75) is 25.7 Å². The Hall–Kier alpha value is -1.62. The monoisotopic (exact) mass is 291 g/mol. The normalized spacial score (nSPS) is 23.0. The van der Waals surface area contributed by atoms with E-state index < -0.39 is 0 Å². The van der Waals surface area contributed by atoms with Crippen molar-refractivity contribution in [2.24, 2.45) is 11.7 Å². The first kappa shape index (κ1) is 14.3. The van der Waals surface area contributed by atoms with E-state index in [4.69, 9.17) is 5.73 Å². The van der Waals surface area contributed by atoms with Gasteiger partial charge in [-0.3, -0.25) is 4.79 Å². The molecule has 2 aliphatic heterocycles. The van der Waals surface area contributed by atoms with Crippen molar-refractivity contribution < 1.29 is 9.18 Å². The van der Waals surface area contributed by atoms with Gasteiger partial charge in [-0.1, -0.05) is 0 Å². The summed E-state index contributed by atoms with van der Waals surface area (Å²) in [6, 6.07) is 5.14. The third-order valence-corrected chi connectivity index (χ3v) is 4.48. The van der Waals surface area contributed by atoms with E-state index in [0.717, 1.165) is 25.9 Å². The van der Waals surface area contributed by atoms with Crippen LogP contribution in [0.15, 0.2) is 18.2 Å². The summed E-state index contributed by atoms with van der Waals surface area (Å²) in [5, 5.41) is 0. The van der Waals surface area contributed by atoms with Gasteiger partial charge in [-0.05, 0) is 49.9 Å². The van der Waals surface area contributed by atoms with E-state index >= 15 is 0 Å². The number of amides is 1. The van der Waals surface area contributed by atoms with Crippen LogP contribution < -0.4 is 15.5 Å². The fourth-order valence-corrected chi connectivity index (χ4v) is 3.24. The standard InChI is InChI=1S/C16H22FN3O/c17-14-9-13(20-11-12(10-18)8-16(20)21)4-5-15(14)19-6-2-1-3-7-19/h4-5,9,12H,1-3,6-8,10-11,18H2. The molecule has 0 spiro atoms. The minimum Gasteiger partial charge on any atom is -0.369 e. The molecule has 4 nitrogen and oxygen atoms in total. The topological polar surface area (TPSA) is 49.6 Å². The second kappa shape index (κ2) is 6.02. The fraction of sp³-hybridized carbons (Fsp3) is 0.562. The lowest BCUT2D eigenvalue weighted by molar-refractivity contribution is -0.117. The number of halogens is 1. The first-order valence-electron chi connectivity index (χ1n) is 7.74. The first-order valence-corrected chi connectivity index (χ1v) is 7.74. The first-order chi connectivity index (χ1) is 10.2. The van der Waals surface area contributed by atoms with E-state index in [1.165, 1.54) is 12.5 Å². The summed E-state index contributed by atoms with van der Waals surface area (Å²) in [6.45, 7) is 2.91. The summed E-state index contributed by atoms with van der Waals surface area (Å²) in [5.74, 6) is -0.0173. The average Bonchev–Trinajstić information content (AvgIpc) is 2.89. The minimum atomic E-state index is -0.238. The van der Waals surface area contributed by atoms with Gasteiger partial charge in [0, 0.05) is 31.7 Å². The van der Waals surface area contributed by atoms with E-state index in [2.05, 4.69) is 4.90 Å². The van der Waals surface area contributed by atoms with Gasteiger partial charge in [-0.25, -0.2) is 4.39 Å². The van der Waals surface area contributed by atoms with Gasteiger partial charge in [0.15, 0.2) is 0 Å². The van der Waals surface area contributed by atoms with E-state index in [1.54, 1.807) is 11.0 Å². The number of hydrogen-bond acceptors (Lipinski definition) is 3. The van der Waals surface area contributed by atoms with Crippen LogP contribution in [0.2, 0.25) is 0 Å². The smallest absolute Gasteiger partial charge is 0.227 e. The molecule has 2 heterocycles. The molecule has 114 valence electrons. The van der Waals surface area contributed by atoms with Gasteiger partial charge in [0.2, 0.25) is 5.91 Å². The van der Waals surface area contributed by atoms with Crippen LogP contribution in [-0.2, 0) is 4.79 Å². The number of hydrogen-bond donors (Lipinski definition) is 1. The Morgan fingerprint density at radius 2 is 2.00 bits per heavy atom. The maximum atomic E-state index is 14.4. The summed E-state index contributed by atoms with van der Waals surface area (Å²) in [4.78, 5) is 15.7. The molecular formula is C16H22FN3O. The van der Waals surface area contributed by atoms with Crippen molar-refractivity contribution in [3.8, 4) is 0 Å². The predicted molar refractivity (Wildman–Crippen MR) is 82.0 cm³/mol. The molecule has 0 aromatic heterocycles. The maximum absolute atomic E-state index is 14.4.